The fourth-order valence-electron chi connectivity index (χ4n) is 1.77. The summed E-state index contributed by atoms with van der Waals surface area (Å²) in [7, 11) is 0. The minimum Gasteiger partial charge on any atom is -0.356 e. The molecule has 2 heterocycles. The predicted molar refractivity (Wildman–Crippen MR) is 89.3 cm³/mol. The van der Waals surface area contributed by atoms with Crippen LogP contribution in [0.2, 0.25) is 5.02 Å². The molecule has 1 amide bonds. The van der Waals surface area contributed by atoms with E-state index >= 15 is 0 Å². The quantitative estimate of drug-likeness (QED) is 0.637. The molecule has 0 fully saturated rings. The van der Waals surface area contributed by atoms with Gasteiger partial charge in [-0.3, -0.25) is 4.79 Å². The van der Waals surface area contributed by atoms with Gasteiger partial charge in [0.15, 0.2) is 0 Å². The van der Waals surface area contributed by atoms with Gasteiger partial charge in [-0.1, -0.05) is 11.6 Å². The number of nitrogens with zero attached hydrogens (tertiary/aromatic N) is 1. The Morgan fingerprint density at radius 1 is 1.45 bits per heavy atom. The Kier molecular flexibility index (Phi) is 3.95. The molecule has 0 radical (unpaired) electrons. The van der Waals surface area contributed by atoms with Crippen LogP contribution < -0.4 is 5.32 Å². The van der Waals surface area contributed by atoms with Gasteiger partial charge in [-0.05, 0) is 46.9 Å². The molecule has 4 nitrogen and oxygen atoms in total. The zero-order chi connectivity index (χ0) is 14.1. The summed E-state index contributed by atoms with van der Waals surface area (Å²) in [6.07, 6.45) is 1.79. The van der Waals surface area contributed by atoms with Gasteiger partial charge in [-0.15, -0.1) is 11.3 Å². The highest BCUT2D eigenvalue weighted by Crippen LogP contribution is 2.24. The number of benzene rings is 1. The minimum atomic E-state index is -0.134. The molecule has 20 heavy (non-hydrogen) atoms. The van der Waals surface area contributed by atoms with E-state index in [0.717, 1.165) is 18.8 Å². The highest BCUT2D eigenvalue weighted by Gasteiger charge is 2.09. The van der Waals surface area contributed by atoms with E-state index < -0.39 is 0 Å². The van der Waals surface area contributed by atoms with Crippen LogP contribution in [0.4, 0.5) is 0 Å². The van der Waals surface area contributed by atoms with Crippen LogP contribution in [0.15, 0.2) is 30.5 Å². The normalized spacial score (nSPS) is 10.9. The van der Waals surface area contributed by atoms with Crippen LogP contribution in [0.1, 0.15) is 15.5 Å². The maximum absolute atomic E-state index is 11.9. The second-order valence-corrected chi connectivity index (χ2v) is 6.93. The maximum atomic E-state index is 11.9. The Morgan fingerprint density at radius 2 is 2.30 bits per heavy atom. The van der Waals surface area contributed by atoms with Crippen LogP contribution in [-0.2, 0) is 6.54 Å². The third-order valence-electron chi connectivity index (χ3n) is 2.69. The Hall–Kier alpha value is -1.12. The maximum Gasteiger partial charge on any atom is 0.268 e. The molecule has 0 atom stereocenters. The van der Waals surface area contributed by atoms with Crippen molar-refractivity contribution in [3.8, 4) is 0 Å². The highest BCUT2D eigenvalue weighted by molar-refractivity contribution is 14.1. The minimum absolute atomic E-state index is 0.134. The molecule has 0 aliphatic rings. The van der Waals surface area contributed by atoms with Crippen molar-refractivity contribution in [1.82, 2.24) is 15.3 Å². The zero-order valence-electron chi connectivity index (χ0n) is 10.1. The van der Waals surface area contributed by atoms with E-state index in [-0.39, 0.29) is 5.91 Å². The first kappa shape index (κ1) is 13.8. The van der Waals surface area contributed by atoms with Crippen LogP contribution in [0, 0.1) is 3.57 Å². The van der Waals surface area contributed by atoms with E-state index in [2.05, 4.69) is 37.9 Å². The van der Waals surface area contributed by atoms with E-state index in [1.54, 1.807) is 23.6 Å². The zero-order valence-corrected chi connectivity index (χ0v) is 13.8. The smallest absolute Gasteiger partial charge is 0.268 e. The van der Waals surface area contributed by atoms with E-state index in [1.165, 1.54) is 0 Å². The monoisotopic (exact) mass is 417 g/mol. The lowest BCUT2D eigenvalue weighted by Crippen LogP contribution is -2.22. The second kappa shape index (κ2) is 5.71. The van der Waals surface area contributed by atoms with Gasteiger partial charge >= 0.3 is 0 Å². The average molecular weight is 418 g/mol. The van der Waals surface area contributed by atoms with Crippen molar-refractivity contribution in [2.45, 2.75) is 6.54 Å². The van der Waals surface area contributed by atoms with Gasteiger partial charge in [0, 0.05) is 14.8 Å². The Bertz CT molecular complexity index is 783. The van der Waals surface area contributed by atoms with Crippen molar-refractivity contribution in [2.75, 3.05) is 0 Å². The molecular formula is C13H9ClIN3OS. The third kappa shape index (κ3) is 2.97. The van der Waals surface area contributed by atoms with Gasteiger partial charge < -0.3 is 10.3 Å². The number of amides is 1. The fraction of sp³-hybridized carbons (Fsp3) is 0.0769. The van der Waals surface area contributed by atoms with E-state index in [9.17, 15) is 4.79 Å². The molecule has 7 heteroatoms. The lowest BCUT2D eigenvalue weighted by molar-refractivity contribution is 0.0946. The number of hydrogen-bond donors (Lipinski definition) is 2. The number of fused-ring (bicyclic) bond motifs is 1. The third-order valence-corrected chi connectivity index (χ3v) is 4.58. The summed E-state index contributed by atoms with van der Waals surface area (Å²) < 4.78 is 2.07. The number of thiazole rings is 1. The van der Waals surface area contributed by atoms with E-state index in [4.69, 9.17) is 11.6 Å². The Morgan fingerprint density at radius 3 is 3.05 bits per heavy atom. The lowest BCUT2D eigenvalue weighted by Gasteiger charge is -1.99. The lowest BCUT2D eigenvalue weighted by atomic mass is 10.3. The molecule has 2 aromatic heterocycles. The molecule has 0 aliphatic carbocycles. The van der Waals surface area contributed by atoms with E-state index in [0.29, 0.717) is 17.3 Å². The topological polar surface area (TPSA) is 57.8 Å². The molecule has 3 rings (SSSR count). The second-order valence-electron chi connectivity index (χ2n) is 4.13. The van der Waals surface area contributed by atoms with Crippen LogP contribution >= 0.6 is 45.5 Å². The van der Waals surface area contributed by atoms with Crippen LogP contribution in [0.5, 0.6) is 0 Å². The molecule has 0 aliphatic heterocycles. The van der Waals surface area contributed by atoms with Gasteiger partial charge in [0.05, 0.1) is 16.8 Å². The van der Waals surface area contributed by atoms with Crippen molar-refractivity contribution in [3.05, 3.63) is 49.8 Å². The number of nitrogens with one attached hydrogen (secondary N) is 2. The summed E-state index contributed by atoms with van der Waals surface area (Å²) in [6.45, 7) is 0.408. The molecule has 1 aromatic carbocycles. The molecule has 0 bridgehead atoms. The summed E-state index contributed by atoms with van der Waals surface area (Å²) >= 11 is 9.63. The van der Waals surface area contributed by atoms with Crippen molar-refractivity contribution < 1.29 is 4.79 Å². The van der Waals surface area contributed by atoms with Gasteiger partial charge in [-0.25, -0.2) is 4.98 Å². The summed E-state index contributed by atoms with van der Waals surface area (Å²) in [6, 6.07) is 7.40. The standard InChI is InChI=1S/C13H9ClIN3OS/c14-7-1-2-11-9(3-7)18-12(20-11)6-17-13(19)10-4-8(15)5-16-10/h1-5,16H,6H2,(H,17,19). The van der Waals surface area contributed by atoms with Crippen molar-refractivity contribution in [2.24, 2.45) is 0 Å². The summed E-state index contributed by atoms with van der Waals surface area (Å²) in [5.41, 5.74) is 1.42. The van der Waals surface area contributed by atoms with Crippen LogP contribution in [0.25, 0.3) is 10.2 Å². The van der Waals surface area contributed by atoms with Crippen molar-refractivity contribution in [1.29, 1.82) is 0 Å². The molecule has 0 saturated heterocycles. The number of aromatic nitrogens is 2. The van der Waals surface area contributed by atoms with Crippen LogP contribution in [0.3, 0.4) is 0 Å². The average Bonchev–Trinajstić information content (AvgIpc) is 3.01. The summed E-state index contributed by atoms with van der Waals surface area (Å²) in [5, 5.41) is 4.37. The first-order valence-electron chi connectivity index (χ1n) is 5.79. The highest BCUT2D eigenvalue weighted by atomic mass is 127. The molecule has 0 spiro atoms. The SMILES string of the molecule is O=C(NCc1nc2cc(Cl)ccc2s1)c1cc(I)c[nH]1. The van der Waals surface area contributed by atoms with Gasteiger partial charge in [0.1, 0.15) is 10.7 Å². The van der Waals surface area contributed by atoms with Gasteiger partial charge in [0.25, 0.3) is 5.91 Å². The summed E-state index contributed by atoms with van der Waals surface area (Å²) in [4.78, 5) is 19.3. The van der Waals surface area contributed by atoms with E-state index in [1.807, 2.05) is 18.2 Å². The number of rotatable bonds is 3. The first-order valence-corrected chi connectivity index (χ1v) is 8.06. The number of aromatic amines is 1. The number of halogens is 2. The number of carbonyl (C=O) groups excluding carboxylic acids is 1. The Balaban J connectivity index is 1.72. The molecule has 0 unspecified atom stereocenters. The number of carbonyl (C=O) groups is 1. The molecule has 2 N–H and O–H groups in total. The Labute approximate surface area is 137 Å². The molecule has 102 valence electrons. The van der Waals surface area contributed by atoms with Crippen LogP contribution in [-0.4, -0.2) is 15.9 Å². The molecule has 3 aromatic rings. The number of H-pyrrole nitrogens is 1. The summed E-state index contributed by atoms with van der Waals surface area (Å²) in [5.74, 6) is -0.134. The van der Waals surface area contributed by atoms with Gasteiger partial charge in [0.2, 0.25) is 0 Å². The van der Waals surface area contributed by atoms with Crippen molar-refractivity contribution in [3.63, 3.8) is 0 Å². The number of hydrogen-bond acceptors (Lipinski definition) is 3. The van der Waals surface area contributed by atoms with Crippen molar-refractivity contribution >= 4 is 61.7 Å². The molecular weight excluding hydrogens is 409 g/mol. The van der Waals surface area contributed by atoms with Gasteiger partial charge in [-0.2, -0.15) is 0 Å². The predicted octanol–water partition coefficient (Wildman–Crippen LogP) is 3.81. The fourth-order valence-corrected chi connectivity index (χ4v) is 3.29. The first-order chi connectivity index (χ1) is 9.61. The largest absolute Gasteiger partial charge is 0.356 e. The molecule has 0 saturated carbocycles.